The van der Waals surface area contributed by atoms with Crippen molar-refractivity contribution in [1.82, 2.24) is 5.32 Å². The summed E-state index contributed by atoms with van der Waals surface area (Å²) >= 11 is 0. The van der Waals surface area contributed by atoms with Gasteiger partial charge in [0.2, 0.25) is 5.91 Å². The smallest absolute Gasteiger partial charge is 0.306 e. The molecule has 0 saturated carbocycles. The number of ether oxygens (including phenoxy) is 1. The first-order chi connectivity index (χ1) is 30.5. The van der Waals surface area contributed by atoms with Crippen molar-refractivity contribution >= 4 is 11.9 Å². The van der Waals surface area contributed by atoms with Gasteiger partial charge in [-0.25, -0.2) is 0 Å². The summed E-state index contributed by atoms with van der Waals surface area (Å²) < 4.78 is 5.87. The standard InChI is InChI=1S/C56H99NO5/c1-4-7-10-13-16-19-22-24-26-27-28-30-32-34-37-40-43-46-49-56(61)62-52(47-44-41-38-35-33-31-29-25-23-20-17-14-11-8-5-2)50-55(60)57-53(51-58)54(59)48-45-42-39-36-21-18-15-12-9-6-3/h8,11,17,20,25,28-30,33,35,41,44,52-54,58-59H,4-7,9-10,12-16,18-19,21-24,26-27,31-32,34,36-40,42-43,45-51H2,1-3H3,(H,57,60)/b11-8-,20-17-,29-25-,30-28+,35-33-,44-41-. The molecule has 0 aliphatic carbocycles. The van der Waals surface area contributed by atoms with Crippen molar-refractivity contribution in [2.75, 3.05) is 6.61 Å². The van der Waals surface area contributed by atoms with Crippen molar-refractivity contribution in [3.05, 3.63) is 72.9 Å². The molecule has 0 heterocycles. The number of rotatable bonds is 46. The molecule has 0 fully saturated rings. The second-order valence-electron chi connectivity index (χ2n) is 17.5. The molecule has 358 valence electrons. The van der Waals surface area contributed by atoms with Crippen LogP contribution in [0.2, 0.25) is 0 Å². The Hall–Kier alpha value is -2.70. The number of carbonyl (C=O) groups is 2. The number of carbonyl (C=O) groups excluding carboxylic acids is 2. The molecule has 0 rings (SSSR count). The lowest BCUT2D eigenvalue weighted by atomic mass is 10.0. The van der Waals surface area contributed by atoms with Gasteiger partial charge in [-0.05, 0) is 70.6 Å². The van der Waals surface area contributed by atoms with Gasteiger partial charge in [-0.1, -0.05) is 229 Å². The maximum absolute atomic E-state index is 13.2. The van der Waals surface area contributed by atoms with Crippen molar-refractivity contribution in [2.45, 2.75) is 264 Å². The Balaban J connectivity index is 4.70. The molecule has 0 aliphatic heterocycles. The molecular formula is C56H99NO5. The van der Waals surface area contributed by atoms with Crippen LogP contribution in [0.15, 0.2) is 72.9 Å². The van der Waals surface area contributed by atoms with Crippen LogP contribution in [-0.4, -0.2) is 46.9 Å². The number of aliphatic hydroxyl groups is 2. The zero-order valence-electron chi connectivity index (χ0n) is 40.7. The van der Waals surface area contributed by atoms with Crippen LogP contribution in [0.5, 0.6) is 0 Å². The third kappa shape index (κ3) is 43.9. The van der Waals surface area contributed by atoms with E-state index in [1.807, 2.05) is 12.2 Å². The van der Waals surface area contributed by atoms with Crippen LogP contribution in [0.1, 0.15) is 245 Å². The molecule has 62 heavy (non-hydrogen) atoms. The number of hydrogen-bond acceptors (Lipinski definition) is 5. The molecule has 0 bridgehead atoms. The van der Waals surface area contributed by atoms with E-state index in [9.17, 15) is 19.8 Å². The van der Waals surface area contributed by atoms with E-state index in [4.69, 9.17) is 4.74 Å². The molecule has 0 aromatic heterocycles. The van der Waals surface area contributed by atoms with Crippen LogP contribution in [0.3, 0.4) is 0 Å². The lowest BCUT2D eigenvalue weighted by Gasteiger charge is -2.24. The second-order valence-corrected chi connectivity index (χ2v) is 17.5. The Kier molecular flexibility index (Phi) is 47.2. The van der Waals surface area contributed by atoms with Crippen LogP contribution in [0, 0.1) is 0 Å². The minimum atomic E-state index is -0.814. The number of nitrogens with one attached hydrogen (secondary N) is 1. The zero-order valence-corrected chi connectivity index (χ0v) is 40.7. The quantitative estimate of drug-likeness (QED) is 0.0322. The van der Waals surface area contributed by atoms with E-state index < -0.39 is 18.2 Å². The summed E-state index contributed by atoms with van der Waals surface area (Å²) in [5, 5.41) is 23.7. The Bertz CT molecular complexity index is 1150. The van der Waals surface area contributed by atoms with Gasteiger partial charge < -0.3 is 20.3 Å². The highest BCUT2D eigenvalue weighted by Crippen LogP contribution is 2.16. The number of esters is 1. The van der Waals surface area contributed by atoms with E-state index in [-0.39, 0.29) is 24.9 Å². The summed E-state index contributed by atoms with van der Waals surface area (Å²) in [4.78, 5) is 26.1. The number of unbranched alkanes of at least 4 members (excludes halogenated alkanes) is 23. The van der Waals surface area contributed by atoms with Gasteiger partial charge in [0.25, 0.3) is 0 Å². The molecule has 0 radical (unpaired) electrons. The van der Waals surface area contributed by atoms with Gasteiger partial charge in [0.15, 0.2) is 0 Å². The average Bonchev–Trinajstić information content (AvgIpc) is 3.26. The van der Waals surface area contributed by atoms with Crippen LogP contribution < -0.4 is 5.32 Å². The number of aliphatic hydroxyl groups excluding tert-OH is 2. The molecule has 3 unspecified atom stereocenters. The van der Waals surface area contributed by atoms with Crippen LogP contribution in [-0.2, 0) is 14.3 Å². The van der Waals surface area contributed by atoms with E-state index in [0.29, 0.717) is 19.3 Å². The number of hydrogen-bond donors (Lipinski definition) is 3. The van der Waals surface area contributed by atoms with E-state index >= 15 is 0 Å². The summed E-state index contributed by atoms with van der Waals surface area (Å²) in [5.41, 5.74) is 0. The number of allylic oxidation sites excluding steroid dienone is 11. The highest BCUT2D eigenvalue weighted by Gasteiger charge is 2.23. The van der Waals surface area contributed by atoms with Gasteiger partial charge in [0.1, 0.15) is 6.10 Å². The van der Waals surface area contributed by atoms with Crippen molar-refractivity contribution < 1.29 is 24.5 Å². The number of amides is 1. The fourth-order valence-corrected chi connectivity index (χ4v) is 7.57. The normalized spacial score (nSPS) is 13.8. The summed E-state index contributed by atoms with van der Waals surface area (Å²) in [6.45, 7) is 6.33. The van der Waals surface area contributed by atoms with Gasteiger partial charge in [-0.2, -0.15) is 0 Å². The van der Waals surface area contributed by atoms with Crippen LogP contribution in [0.25, 0.3) is 0 Å². The SMILES string of the molecule is CC/C=C\C/C=C\C/C=C\C/C=C\C/C=C\CC(CC(=O)NC(CO)C(O)CCCCCCCCCCCC)OC(=O)CCCCCCC/C=C/CCCCCCCCCCC. The van der Waals surface area contributed by atoms with Crippen LogP contribution in [0.4, 0.5) is 0 Å². The largest absolute Gasteiger partial charge is 0.461 e. The Morgan fingerprint density at radius 1 is 0.500 bits per heavy atom. The summed E-state index contributed by atoms with van der Waals surface area (Å²) in [7, 11) is 0. The fraction of sp³-hybridized carbons (Fsp3) is 0.750. The third-order valence-corrected chi connectivity index (χ3v) is 11.5. The Morgan fingerprint density at radius 3 is 1.35 bits per heavy atom. The van der Waals surface area contributed by atoms with E-state index in [0.717, 1.165) is 77.0 Å². The van der Waals surface area contributed by atoms with Crippen molar-refractivity contribution in [3.8, 4) is 0 Å². The molecule has 0 spiro atoms. The van der Waals surface area contributed by atoms with Crippen molar-refractivity contribution in [1.29, 1.82) is 0 Å². The average molecular weight is 866 g/mol. The van der Waals surface area contributed by atoms with Crippen molar-refractivity contribution in [3.63, 3.8) is 0 Å². The first-order valence-corrected chi connectivity index (χ1v) is 26.2. The van der Waals surface area contributed by atoms with Gasteiger partial charge in [0, 0.05) is 12.8 Å². The van der Waals surface area contributed by atoms with Gasteiger partial charge in [0.05, 0.1) is 25.2 Å². The monoisotopic (exact) mass is 866 g/mol. The molecule has 3 atom stereocenters. The lowest BCUT2D eigenvalue weighted by molar-refractivity contribution is -0.150. The molecular weight excluding hydrogens is 767 g/mol. The Morgan fingerprint density at radius 2 is 0.903 bits per heavy atom. The summed E-state index contributed by atoms with van der Waals surface area (Å²) in [5.74, 6) is -0.590. The predicted octanol–water partition coefficient (Wildman–Crippen LogP) is 15.8. The molecule has 6 heteroatoms. The molecule has 0 saturated heterocycles. The third-order valence-electron chi connectivity index (χ3n) is 11.5. The topological polar surface area (TPSA) is 95.9 Å². The summed E-state index contributed by atoms with van der Waals surface area (Å²) in [6.07, 6.45) is 62.7. The van der Waals surface area contributed by atoms with E-state index in [1.54, 1.807) is 0 Å². The van der Waals surface area contributed by atoms with Crippen LogP contribution >= 0.6 is 0 Å². The molecule has 0 aliphatic rings. The highest BCUT2D eigenvalue weighted by atomic mass is 16.5. The zero-order chi connectivity index (χ0) is 45.2. The van der Waals surface area contributed by atoms with E-state index in [1.165, 1.54) is 122 Å². The lowest BCUT2D eigenvalue weighted by Crippen LogP contribution is -2.46. The second kappa shape index (κ2) is 49.3. The van der Waals surface area contributed by atoms with E-state index in [2.05, 4.69) is 86.8 Å². The molecule has 0 aromatic carbocycles. The predicted molar refractivity (Wildman–Crippen MR) is 268 cm³/mol. The van der Waals surface area contributed by atoms with Gasteiger partial charge in [-0.3, -0.25) is 9.59 Å². The fourth-order valence-electron chi connectivity index (χ4n) is 7.57. The van der Waals surface area contributed by atoms with Crippen molar-refractivity contribution in [2.24, 2.45) is 0 Å². The first kappa shape index (κ1) is 59.3. The minimum absolute atomic E-state index is 0.00578. The molecule has 3 N–H and O–H groups in total. The maximum atomic E-state index is 13.2. The van der Waals surface area contributed by atoms with Gasteiger partial charge in [-0.15, -0.1) is 0 Å². The summed E-state index contributed by atoms with van der Waals surface area (Å²) in [6, 6.07) is -0.735. The highest BCUT2D eigenvalue weighted by molar-refractivity contribution is 5.77. The molecule has 0 aromatic rings. The van der Waals surface area contributed by atoms with Gasteiger partial charge >= 0.3 is 5.97 Å². The molecule has 6 nitrogen and oxygen atoms in total. The Labute approximate surface area is 383 Å². The first-order valence-electron chi connectivity index (χ1n) is 26.2. The molecule has 1 amide bonds. The minimum Gasteiger partial charge on any atom is -0.461 e. The maximum Gasteiger partial charge on any atom is 0.306 e.